The Kier molecular flexibility index (Phi) is 8.45. The first kappa shape index (κ1) is 21.4. The molecule has 1 heterocycles. The van der Waals surface area contributed by atoms with Gasteiger partial charge in [0.1, 0.15) is 11.9 Å². The number of carbonyl (C=O) groups is 2. The van der Waals surface area contributed by atoms with E-state index in [1.165, 1.54) is 0 Å². The molecule has 0 fully saturated rings. The van der Waals surface area contributed by atoms with Crippen LogP contribution in [-0.2, 0) is 14.4 Å². The van der Waals surface area contributed by atoms with E-state index in [4.69, 9.17) is 15.7 Å². The Morgan fingerprint density at radius 1 is 1.32 bits per heavy atom. The minimum Gasteiger partial charge on any atom is -0.481 e. The number of aliphatic carboxylic acids is 1. The fraction of sp³-hybridized carbons (Fsp3) is 0.500. The smallest absolute Gasteiger partial charge is 0.305 e. The Morgan fingerprint density at radius 3 is 2.75 bits per heavy atom. The number of carboxylic acids is 1. The summed E-state index contributed by atoms with van der Waals surface area (Å²) in [6.45, 7) is 2.99. The van der Waals surface area contributed by atoms with Crippen molar-refractivity contribution in [1.82, 2.24) is 5.32 Å². The number of carbonyl (C=O) groups excluding carboxylic acids is 1. The number of nitrogens with two attached hydrogens (primary N) is 1. The standard InChI is InChI=1S/C20H28N4O4/c1-2-3-4-10-23-20(21)15-7-5-14(6-8-15)17-12-16(28-24-17)13-18(25)22-11-9-19(26)27/h5-8,16H,2-4,9-13H2,1H3,(H2,21,23)(H,22,25)(H,26,27)/t16-/m0/s1. The molecule has 0 bridgehead atoms. The quantitative estimate of drug-likeness (QED) is 0.304. The highest BCUT2D eigenvalue weighted by Crippen LogP contribution is 2.19. The summed E-state index contributed by atoms with van der Waals surface area (Å²) in [7, 11) is 0. The molecule has 0 aromatic heterocycles. The van der Waals surface area contributed by atoms with Crippen LogP contribution < -0.4 is 11.1 Å². The van der Waals surface area contributed by atoms with Crippen LogP contribution in [0.4, 0.5) is 0 Å². The van der Waals surface area contributed by atoms with E-state index in [1.54, 1.807) is 0 Å². The van der Waals surface area contributed by atoms with Crippen LogP contribution in [0.3, 0.4) is 0 Å². The van der Waals surface area contributed by atoms with E-state index in [9.17, 15) is 9.59 Å². The molecular weight excluding hydrogens is 360 g/mol. The summed E-state index contributed by atoms with van der Waals surface area (Å²) < 4.78 is 0. The maximum atomic E-state index is 11.8. The van der Waals surface area contributed by atoms with E-state index < -0.39 is 5.97 Å². The first-order chi connectivity index (χ1) is 13.5. The number of nitrogens with zero attached hydrogens (tertiary/aromatic N) is 2. The third-order valence-corrected chi connectivity index (χ3v) is 4.36. The summed E-state index contributed by atoms with van der Waals surface area (Å²) in [5.41, 5.74) is 8.58. The molecule has 0 spiro atoms. The normalized spacial score (nSPS) is 16.4. The molecule has 8 heteroatoms. The Hall–Kier alpha value is -2.90. The number of unbranched alkanes of at least 4 members (excludes halogenated alkanes) is 2. The fourth-order valence-corrected chi connectivity index (χ4v) is 2.78. The largest absolute Gasteiger partial charge is 0.481 e. The summed E-state index contributed by atoms with van der Waals surface area (Å²) in [5, 5.41) is 15.2. The van der Waals surface area contributed by atoms with Gasteiger partial charge in [0.25, 0.3) is 0 Å². The highest BCUT2D eigenvalue weighted by atomic mass is 16.6. The first-order valence-electron chi connectivity index (χ1n) is 9.61. The molecule has 4 N–H and O–H groups in total. The van der Waals surface area contributed by atoms with Gasteiger partial charge in [0.15, 0.2) is 0 Å². The summed E-state index contributed by atoms with van der Waals surface area (Å²) in [5.74, 6) is -0.661. The van der Waals surface area contributed by atoms with Crippen molar-refractivity contribution >= 4 is 23.4 Å². The van der Waals surface area contributed by atoms with Crippen molar-refractivity contribution in [2.75, 3.05) is 13.1 Å². The molecule has 2 rings (SSSR count). The molecule has 1 amide bonds. The molecule has 1 aliphatic rings. The van der Waals surface area contributed by atoms with Crippen LogP contribution in [0, 0.1) is 0 Å². The number of nitrogens with one attached hydrogen (secondary N) is 1. The van der Waals surface area contributed by atoms with Crippen LogP contribution >= 0.6 is 0 Å². The van der Waals surface area contributed by atoms with Crippen molar-refractivity contribution in [1.29, 1.82) is 0 Å². The first-order valence-corrected chi connectivity index (χ1v) is 9.61. The molecule has 0 radical (unpaired) electrons. The Morgan fingerprint density at radius 2 is 2.07 bits per heavy atom. The number of benzene rings is 1. The van der Waals surface area contributed by atoms with E-state index >= 15 is 0 Å². The minimum atomic E-state index is -0.946. The lowest BCUT2D eigenvalue weighted by molar-refractivity contribution is -0.136. The molecule has 1 aliphatic heterocycles. The molecule has 1 aromatic rings. The van der Waals surface area contributed by atoms with Gasteiger partial charge in [-0.1, -0.05) is 49.2 Å². The third kappa shape index (κ3) is 7.02. The van der Waals surface area contributed by atoms with Crippen LogP contribution in [0.1, 0.15) is 56.6 Å². The number of amidine groups is 1. The number of hydrogen-bond donors (Lipinski definition) is 3. The molecule has 8 nitrogen and oxygen atoms in total. The van der Waals surface area contributed by atoms with Crippen molar-refractivity contribution in [3.63, 3.8) is 0 Å². The zero-order valence-electron chi connectivity index (χ0n) is 16.2. The van der Waals surface area contributed by atoms with E-state index in [0.29, 0.717) is 12.3 Å². The second-order valence-corrected chi connectivity index (χ2v) is 6.72. The number of hydrogen-bond acceptors (Lipinski definition) is 5. The topological polar surface area (TPSA) is 126 Å². The number of rotatable bonds is 11. The minimum absolute atomic E-state index is 0.101. The van der Waals surface area contributed by atoms with Gasteiger partial charge in [0.05, 0.1) is 18.6 Å². The lowest BCUT2D eigenvalue weighted by Gasteiger charge is -2.08. The monoisotopic (exact) mass is 388 g/mol. The molecule has 1 atom stereocenters. The molecule has 28 heavy (non-hydrogen) atoms. The van der Waals surface area contributed by atoms with Gasteiger partial charge in [-0.25, -0.2) is 0 Å². The van der Waals surface area contributed by atoms with E-state index in [-0.39, 0.29) is 31.4 Å². The van der Waals surface area contributed by atoms with Crippen molar-refractivity contribution in [3.8, 4) is 0 Å². The lowest BCUT2D eigenvalue weighted by atomic mass is 10.0. The average molecular weight is 388 g/mol. The van der Waals surface area contributed by atoms with Gasteiger partial charge in [0, 0.05) is 25.1 Å². The predicted molar refractivity (Wildman–Crippen MR) is 107 cm³/mol. The van der Waals surface area contributed by atoms with Gasteiger partial charge >= 0.3 is 5.97 Å². The Bertz CT molecular complexity index is 728. The van der Waals surface area contributed by atoms with Crippen LogP contribution in [0.5, 0.6) is 0 Å². The summed E-state index contributed by atoms with van der Waals surface area (Å²) >= 11 is 0. The molecule has 0 saturated heterocycles. The van der Waals surface area contributed by atoms with Gasteiger partial charge in [-0.3, -0.25) is 14.6 Å². The van der Waals surface area contributed by atoms with Crippen molar-refractivity contribution < 1.29 is 19.5 Å². The van der Waals surface area contributed by atoms with Crippen molar-refractivity contribution in [2.24, 2.45) is 15.9 Å². The second-order valence-electron chi connectivity index (χ2n) is 6.72. The van der Waals surface area contributed by atoms with Crippen LogP contribution in [0.15, 0.2) is 34.4 Å². The fourth-order valence-electron chi connectivity index (χ4n) is 2.78. The maximum Gasteiger partial charge on any atom is 0.305 e. The SMILES string of the molecule is CCCCCN=C(N)c1ccc(C2=NO[C@H](CC(=O)NCCC(=O)O)C2)cc1. The number of carboxylic acid groups (broad SMARTS) is 1. The van der Waals surface area contributed by atoms with Crippen molar-refractivity contribution in [2.45, 2.75) is 51.6 Å². The van der Waals surface area contributed by atoms with E-state index in [1.807, 2.05) is 24.3 Å². The van der Waals surface area contributed by atoms with Crippen LogP contribution in [0.25, 0.3) is 0 Å². The molecule has 0 unspecified atom stereocenters. The summed E-state index contributed by atoms with van der Waals surface area (Å²) in [6.07, 6.45) is 3.55. The molecular formula is C20H28N4O4. The number of oxime groups is 1. The third-order valence-electron chi connectivity index (χ3n) is 4.36. The van der Waals surface area contributed by atoms with Crippen LogP contribution in [-0.4, -0.2) is 47.7 Å². The number of aliphatic imine (C=N–C) groups is 1. The highest BCUT2D eigenvalue weighted by molar-refractivity contribution is 6.03. The Labute approximate surface area is 164 Å². The lowest BCUT2D eigenvalue weighted by Crippen LogP contribution is -2.29. The van der Waals surface area contributed by atoms with E-state index in [0.717, 1.165) is 42.6 Å². The molecule has 1 aromatic carbocycles. The van der Waals surface area contributed by atoms with Crippen molar-refractivity contribution in [3.05, 3.63) is 35.4 Å². The summed E-state index contributed by atoms with van der Waals surface area (Å²) in [6, 6.07) is 7.65. The zero-order chi connectivity index (χ0) is 20.4. The highest BCUT2D eigenvalue weighted by Gasteiger charge is 2.24. The number of amides is 1. The average Bonchev–Trinajstić information content (AvgIpc) is 3.13. The summed E-state index contributed by atoms with van der Waals surface area (Å²) in [4.78, 5) is 32.0. The maximum absolute atomic E-state index is 11.8. The molecule has 0 aliphatic carbocycles. The van der Waals surface area contributed by atoms with Gasteiger partial charge in [-0.15, -0.1) is 0 Å². The van der Waals surface area contributed by atoms with Gasteiger partial charge < -0.3 is 21.0 Å². The van der Waals surface area contributed by atoms with E-state index in [2.05, 4.69) is 22.4 Å². The van der Waals surface area contributed by atoms with Gasteiger partial charge in [-0.2, -0.15) is 0 Å². The molecule has 0 saturated carbocycles. The zero-order valence-corrected chi connectivity index (χ0v) is 16.2. The predicted octanol–water partition coefficient (Wildman–Crippen LogP) is 2.06. The molecule has 152 valence electrons. The van der Waals surface area contributed by atoms with Gasteiger partial charge in [0.2, 0.25) is 5.91 Å². The van der Waals surface area contributed by atoms with Crippen LogP contribution in [0.2, 0.25) is 0 Å². The second kappa shape index (κ2) is 11.1. The Balaban J connectivity index is 1.81. The van der Waals surface area contributed by atoms with Gasteiger partial charge in [-0.05, 0) is 12.0 Å².